The number of phenolic OH excluding ortho intramolecular Hbond substituents is 1. The van der Waals surface area contributed by atoms with E-state index in [9.17, 15) is 5.11 Å². The number of pyridine rings is 2. The van der Waals surface area contributed by atoms with Gasteiger partial charge in [-0.15, -0.1) is 24.3 Å². The minimum atomic E-state index is -0.0945. The average molecular weight is 1050 g/mol. The van der Waals surface area contributed by atoms with E-state index in [-0.39, 0.29) is 49.6 Å². The number of nitrogens with zero attached hydrogens (tertiary/aromatic N) is 4. The minimum Gasteiger partial charge on any atom is -0.508 e. The van der Waals surface area contributed by atoms with Crippen molar-refractivity contribution in [2.75, 3.05) is 4.90 Å². The summed E-state index contributed by atoms with van der Waals surface area (Å²) in [6.45, 7) is 21.5. The van der Waals surface area contributed by atoms with Crippen LogP contribution in [0.25, 0.3) is 72.0 Å². The molecular formula is C61H51N4OPt-. The normalized spacial score (nSPS) is 15.1. The molecule has 0 bridgehead atoms. The number of phenols is 1. The van der Waals surface area contributed by atoms with Crippen molar-refractivity contribution in [3.05, 3.63) is 216 Å². The van der Waals surface area contributed by atoms with Crippen molar-refractivity contribution in [1.29, 1.82) is 0 Å². The second-order valence-electron chi connectivity index (χ2n) is 19.4. The van der Waals surface area contributed by atoms with Crippen molar-refractivity contribution in [3.63, 3.8) is 0 Å². The van der Waals surface area contributed by atoms with Gasteiger partial charge in [0.05, 0.1) is 24.0 Å². The number of para-hydroxylation sites is 2. The van der Waals surface area contributed by atoms with Crippen LogP contribution in [0.4, 0.5) is 17.1 Å². The Hall–Kier alpha value is -7.12. The number of rotatable bonds is 7. The van der Waals surface area contributed by atoms with Crippen LogP contribution < -0.4 is 4.90 Å². The summed E-state index contributed by atoms with van der Waals surface area (Å²) in [7, 11) is 0. The second kappa shape index (κ2) is 17.9. The van der Waals surface area contributed by atoms with Gasteiger partial charge < -0.3 is 10.0 Å². The van der Waals surface area contributed by atoms with Crippen molar-refractivity contribution in [1.82, 2.24) is 9.97 Å². The molecule has 0 spiro atoms. The van der Waals surface area contributed by atoms with Crippen LogP contribution in [0.2, 0.25) is 0 Å². The molecule has 0 fully saturated rings. The van der Waals surface area contributed by atoms with E-state index in [4.69, 9.17) is 16.5 Å². The van der Waals surface area contributed by atoms with Crippen molar-refractivity contribution in [3.8, 4) is 72.9 Å². The molecule has 0 saturated carbocycles. The van der Waals surface area contributed by atoms with Crippen molar-refractivity contribution >= 4 is 17.1 Å². The fourth-order valence-corrected chi connectivity index (χ4v) is 9.42. The third kappa shape index (κ3) is 8.59. The van der Waals surface area contributed by atoms with Crippen LogP contribution >= 0.6 is 0 Å². The molecule has 0 saturated heterocycles. The Balaban J connectivity index is 0.00000562. The number of benzene rings is 6. The Morgan fingerprint density at radius 1 is 0.597 bits per heavy atom. The van der Waals surface area contributed by atoms with Crippen LogP contribution in [-0.4, -0.2) is 21.1 Å². The van der Waals surface area contributed by atoms with Crippen molar-refractivity contribution in [2.45, 2.75) is 64.3 Å². The maximum Gasteiger partial charge on any atom is 0.198 e. The maximum absolute atomic E-state index is 12.1. The van der Waals surface area contributed by atoms with Crippen molar-refractivity contribution in [2.24, 2.45) is 0 Å². The molecule has 0 radical (unpaired) electrons. The minimum absolute atomic E-state index is 0. The van der Waals surface area contributed by atoms with E-state index in [0.29, 0.717) is 28.2 Å². The van der Waals surface area contributed by atoms with Gasteiger partial charge in [-0.1, -0.05) is 186 Å². The molecule has 1 aliphatic heterocycles. The van der Waals surface area contributed by atoms with Crippen LogP contribution in [-0.2, 0) is 31.9 Å². The van der Waals surface area contributed by atoms with Gasteiger partial charge in [0.15, 0.2) is 5.69 Å². The number of fused-ring (bicyclic) bond motifs is 3. The number of allylic oxidation sites excluding steroid dienone is 2. The van der Waals surface area contributed by atoms with E-state index in [1.54, 1.807) is 6.07 Å². The zero-order valence-electron chi connectivity index (χ0n) is 38.5. The quantitative estimate of drug-likeness (QED) is 0.162. The number of hydrogen-bond acceptors (Lipinski definition) is 4. The van der Waals surface area contributed by atoms with Crippen LogP contribution in [0.15, 0.2) is 182 Å². The van der Waals surface area contributed by atoms with Gasteiger partial charge in [-0.25, -0.2) is 4.85 Å². The summed E-state index contributed by atoms with van der Waals surface area (Å²) in [5.41, 5.74) is 16.1. The summed E-state index contributed by atoms with van der Waals surface area (Å²) in [6.07, 6.45) is 10.8. The fraction of sp³-hybridized carbons (Fsp3) is 0.164. The van der Waals surface area contributed by atoms with E-state index in [1.807, 2.05) is 54.7 Å². The molecule has 1 N–H and O–H groups in total. The zero-order chi connectivity index (χ0) is 45.7. The van der Waals surface area contributed by atoms with Gasteiger partial charge in [-0.2, -0.15) is 0 Å². The van der Waals surface area contributed by atoms with Gasteiger partial charge in [0.1, 0.15) is 5.75 Å². The van der Waals surface area contributed by atoms with Crippen LogP contribution in [0.3, 0.4) is 0 Å². The third-order valence-corrected chi connectivity index (χ3v) is 13.0. The smallest absolute Gasteiger partial charge is 0.198 e. The number of aromatic hydroxyl groups is 1. The maximum atomic E-state index is 12.1. The molecular weight excluding hydrogens is 1000 g/mol. The standard InChI is InChI=1S/C61H51N4O.Pt/c1-60(2,3)45-33-43(34-46(38-45)61(4,5)6)44-36-54(64-55(37-44)51-28-29-52(62-7)57(59(51)66)39-18-10-8-11-19-39)42-21-16-20-41(32-42)53-35-40(30-31-63-53)48-25-17-26-50-49-24-14-15-27-56(49)65(58(48)50)47-22-12-9-13-23-47;/h8-31,33-38,49,56,66H,1-6H3;/q-1;. The topological polar surface area (TPSA) is 53.6 Å². The Morgan fingerprint density at radius 2 is 1.22 bits per heavy atom. The Labute approximate surface area is 409 Å². The predicted molar refractivity (Wildman–Crippen MR) is 272 cm³/mol. The molecule has 10 rings (SSSR count). The summed E-state index contributed by atoms with van der Waals surface area (Å²) in [6, 6.07) is 55.9. The van der Waals surface area contributed by atoms with Crippen LogP contribution in [0.1, 0.15) is 64.2 Å². The van der Waals surface area contributed by atoms with Gasteiger partial charge in [0.2, 0.25) is 0 Å². The zero-order valence-corrected chi connectivity index (χ0v) is 40.8. The molecule has 2 unspecified atom stereocenters. The molecule has 2 atom stereocenters. The molecule has 8 aromatic rings. The van der Waals surface area contributed by atoms with Gasteiger partial charge in [-0.05, 0) is 74.0 Å². The van der Waals surface area contributed by atoms with E-state index in [0.717, 1.165) is 50.3 Å². The Bertz CT molecular complexity index is 3230. The summed E-state index contributed by atoms with van der Waals surface area (Å²) >= 11 is 0. The molecule has 2 aliphatic rings. The summed E-state index contributed by atoms with van der Waals surface area (Å²) < 4.78 is 0. The first-order chi connectivity index (χ1) is 31.9. The van der Waals surface area contributed by atoms with E-state index in [1.165, 1.54) is 22.4 Å². The molecule has 2 aromatic heterocycles. The van der Waals surface area contributed by atoms with E-state index < -0.39 is 0 Å². The first-order valence-corrected chi connectivity index (χ1v) is 22.7. The monoisotopic (exact) mass is 1050 g/mol. The summed E-state index contributed by atoms with van der Waals surface area (Å²) in [5.74, 6) is 0.269. The molecule has 5 nitrogen and oxygen atoms in total. The molecule has 3 heterocycles. The first kappa shape index (κ1) is 45.1. The SMILES string of the molecule is [C-]#[N+]c1ccc(-c2cc(-c3cc(C(C)(C)C)cc(C(C)(C)C)c3)cc(-c3[c-]c(-c4cc(-c5cccc6c5N(c5ccccc5)C5C=CC=CC65)ccn4)ccc3)n2)c(O)c1-c1ccccc1.[Pt]. The van der Waals surface area contributed by atoms with Gasteiger partial charge in [0.25, 0.3) is 0 Å². The molecule has 6 heteroatoms. The third-order valence-electron chi connectivity index (χ3n) is 13.0. The van der Waals surface area contributed by atoms with Crippen LogP contribution in [0, 0.1) is 12.6 Å². The van der Waals surface area contributed by atoms with Crippen molar-refractivity contribution < 1.29 is 26.2 Å². The van der Waals surface area contributed by atoms with Gasteiger partial charge in [-0.3, -0.25) is 9.97 Å². The average Bonchev–Trinajstić information content (AvgIpc) is 3.68. The second-order valence-corrected chi connectivity index (χ2v) is 19.4. The molecule has 67 heavy (non-hydrogen) atoms. The molecule has 0 amide bonds. The summed E-state index contributed by atoms with van der Waals surface area (Å²) in [4.78, 5) is 16.5. The number of anilines is 2. The Kier molecular flexibility index (Phi) is 12.1. The number of hydrogen-bond donors (Lipinski definition) is 1. The molecule has 332 valence electrons. The summed E-state index contributed by atoms with van der Waals surface area (Å²) in [5, 5.41) is 12.1. The predicted octanol–water partition coefficient (Wildman–Crippen LogP) is 15.9. The van der Waals surface area contributed by atoms with Gasteiger partial charge in [0, 0.05) is 66.9 Å². The number of aromatic nitrogens is 2. The Morgan fingerprint density at radius 3 is 1.93 bits per heavy atom. The van der Waals surface area contributed by atoms with E-state index >= 15 is 0 Å². The molecule has 6 aromatic carbocycles. The van der Waals surface area contributed by atoms with E-state index in [2.05, 4.69) is 179 Å². The van der Waals surface area contributed by atoms with Crippen LogP contribution in [0.5, 0.6) is 5.75 Å². The largest absolute Gasteiger partial charge is 0.508 e. The van der Waals surface area contributed by atoms with Gasteiger partial charge >= 0.3 is 0 Å². The fourth-order valence-electron chi connectivity index (χ4n) is 9.42. The first-order valence-electron chi connectivity index (χ1n) is 22.7. The molecule has 1 aliphatic carbocycles.